The predicted octanol–water partition coefficient (Wildman–Crippen LogP) is 4.47. The fraction of sp³-hybridized carbons (Fsp3) is 0.111. The molecule has 2 heterocycles. The molecule has 0 saturated carbocycles. The van der Waals surface area contributed by atoms with Gasteiger partial charge in [0.25, 0.3) is 5.69 Å². The van der Waals surface area contributed by atoms with Crippen molar-refractivity contribution in [2.45, 2.75) is 5.92 Å². The largest absolute Gasteiger partial charge is 0.507 e. The molecule has 10 heteroatoms. The molecule has 0 radical (unpaired) electrons. The van der Waals surface area contributed by atoms with Gasteiger partial charge in [-0.15, -0.1) is 0 Å². The summed E-state index contributed by atoms with van der Waals surface area (Å²) in [6.45, 7) is 0. The van der Waals surface area contributed by atoms with Crippen molar-refractivity contribution in [3.63, 3.8) is 0 Å². The van der Waals surface area contributed by atoms with E-state index < -0.39 is 33.6 Å². The van der Waals surface area contributed by atoms with Crippen LogP contribution in [0.3, 0.4) is 0 Å². The summed E-state index contributed by atoms with van der Waals surface area (Å²) in [5.41, 5.74) is -2.42. The fourth-order valence-corrected chi connectivity index (χ4v) is 4.53. The van der Waals surface area contributed by atoms with Crippen LogP contribution in [0.1, 0.15) is 22.6 Å². The normalized spacial score (nSPS) is 11.3. The van der Waals surface area contributed by atoms with E-state index in [2.05, 4.69) is 0 Å². The van der Waals surface area contributed by atoms with E-state index in [1.54, 1.807) is 43.3 Å². The van der Waals surface area contributed by atoms with Gasteiger partial charge in [0, 0.05) is 20.2 Å². The lowest BCUT2D eigenvalue weighted by Gasteiger charge is -2.21. The van der Waals surface area contributed by atoms with Crippen LogP contribution in [0, 0.1) is 10.1 Å². The molecule has 2 N–H and O–H groups in total. The topological polar surface area (TPSA) is 147 Å². The molecular weight excluding hydrogens is 480 g/mol. The maximum Gasteiger partial charge on any atom is 0.344 e. The van der Waals surface area contributed by atoms with E-state index in [0.717, 1.165) is 0 Å². The molecule has 0 aliphatic rings. The molecule has 0 aliphatic carbocycles. The van der Waals surface area contributed by atoms with Crippen LogP contribution in [0.2, 0.25) is 0 Å². The Morgan fingerprint density at radius 1 is 0.811 bits per heavy atom. The van der Waals surface area contributed by atoms with Crippen LogP contribution in [0.4, 0.5) is 11.4 Å². The maximum atomic E-state index is 13.2. The second-order valence-electron chi connectivity index (χ2n) is 8.63. The zero-order valence-electron chi connectivity index (χ0n) is 19.7. The van der Waals surface area contributed by atoms with Gasteiger partial charge in [-0.3, -0.25) is 10.1 Å². The summed E-state index contributed by atoms with van der Waals surface area (Å²) in [6.07, 6.45) is 0. The predicted molar refractivity (Wildman–Crippen MR) is 137 cm³/mol. The second-order valence-corrected chi connectivity index (χ2v) is 8.63. The number of para-hydroxylation sites is 2. The Labute approximate surface area is 208 Å². The van der Waals surface area contributed by atoms with Gasteiger partial charge in [-0.1, -0.05) is 30.3 Å². The number of anilines is 1. The first-order valence-electron chi connectivity index (χ1n) is 11.1. The lowest BCUT2D eigenvalue weighted by atomic mass is 9.84. The zero-order valence-corrected chi connectivity index (χ0v) is 19.7. The number of aromatic hydroxyl groups is 2. The van der Waals surface area contributed by atoms with E-state index in [1.807, 2.05) is 0 Å². The number of rotatable bonds is 5. The highest BCUT2D eigenvalue weighted by atomic mass is 16.6. The van der Waals surface area contributed by atoms with Crippen molar-refractivity contribution in [1.29, 1.82) is 0 Å². The summed E-state index contributed by atoms with van der Waals surface area (Å²) in [7, 11) is 3.26. The molecule has 3 aromatic carbocycles. The van der Waals surface area contributed by atoms with E-state index in [0.29, 0.717) is 0 Å². The molecule has 0 amide bonds. The summed E-state index contributed by atoms with van der Waals surface area (Å²) < 4.78 is 10.9. The van der Waals surface area contributed by atoms with Gasteiger partial charge in [0.2, 0.25) is 0 Å². The molecule has 0 fully saturated rings. The fourth-order valence-electron chi connectivity index (χ4n) is 4.53. The van der Waals surface area contributed by atoms with Gasteiger partial charge in [0.1, 0.15) is 28.4 Å². The van der Waals surface area contributed by atoms with Gasteiger partial charge in [-0.25, -0.2) is 9.59 Å². The Balaban J connectivity index is 1.92. The minimum Gasteiger partial charge on any atom is -0.507 e. The SMILES string of the molecule is CN(C)c1ccc(C(c2c(O)c3ccccc3oc2=O)c2c(O)c3ccccc3oc2=O)cc1[N+](=O)[O-]. The van der Waals surface area contributed by atoms with Crippen LogP contribution in [0.15, 0.2) is 85.2 Å². The molecule has 2 aromatic heterocycles. The maximum absolute atomic E-state index is 13.2. The number of hydrogen-bond acceptors (Lipinski definition) is 9. The van der Waals surface area contributed by atoms with Crippen LogP contribution in [-0.2, 0) is 0 Å². The molecular formula is C27H20N2O8. The number of nitro groups is 1. The van der Waals surface area contributed by atoms with Crippen molar-refractivity contribution in [2.75, 3.05) is 19.0 Å². The zero-order chi connectivity index (χ0) is 26.4. The number of fused-ring (bicyclic) bond motifs is 2. The highest BCUT2D eigenvalue weighted by molar-refractivity contribution is 5.87. The second kappa shape index (κ2) is 8.83. The average Bonchev–Trinajstić information content (AvgIpc) is 2.87. The Kier molecular flexibility index (Phi) is 5.63. The van der Waals surface area contributed by atoms with Crippen LogP contribution in [0.25, 0.3) is 21.9 Å². The van der Waals surface area contributed by atoms with Gasteiger partial charge in [-0.05, 0) is 35.9 Å². The minimum absolute atomic E-state index is 0.0908. The van der Waals surface area contributed by atoms with Gasteiger partial charge in [0.15, 0.2) is 0 Å². The lowest BCUT2D eigenvalue weighted by molar-refractivity contribution is -0.384. The number of hydrogen-bond donors (Lipinski definition) is 2. The molecule has 186 valence electrons. The van der Waals surface area contributed by atoms with Crippen molar-refractivity contribution in [1.82, 2.24) is 0 Å². The molecule has 0 atom stereocenters. The van der Waals surface area contributed by atoms with Gasteiger partial charge in [0.05, 0.1) is 32.7 Å². The van der Waals surface area contributed by atoms with E-state index in [-0.39, 0.29) is 50.0 Å². The first-order chi connectivity index (χ1) is 17.7. The molecule has 0 spiro atoms. The minimum atomic E-state index is -1.46. The summed E-state index contributed by atoms with van der Waals surface area (Å²) in [4.78, 5) is 39.3. The van der Waals surface area contributed by atoms with Crippen LogP contribution >= 0.6 is 0 Å². The van der Waals surface area contributed by atoms with Crippen molar-refractivity contribution in [3.8, 4) is 11.5 Å². The Hall–Kier alpha value is -5.12. The smallest absolute Gasteiger partial charge is 0.344 e. The third-order valence-corrected chi connectivity index (χ3v) is 6.23. The lowest BCUT2D eigenvalue weighted by Crippen LogP contribution is -2.21. The van der Waals surface area contributed by atoms with Crippen LogP contribution in [-0.4, -0.2) is 29.2 Å². The molecule has 37 heavy (non-hydrogen) atoms. The highest BCUT2D eigenvalue weighted by Gasteiger charge is 2.34. The first kappa shape index (κ1) is 23.6. The standard InChI is InChI=1S/C27H20N2O8/c1-28(2)17-12-11-14(13-18(17)29(34)35)21(22-24(30)15-7-3-5-9-19(15)36-26(22)32)23-25(31)16-8-4-6-10-20(16)37-27(23)33/h3-13,21,30-31H,1-2H3. The van der Waals surface area contributed by atoms with Crippen LogP contribution in [0.5, 0.6) is 11.5 Å². The van der Waals surface area contributed by atoms with Gasteiger partial charge in [-0.2, -0.15) is 0 Å². The van der Waals surface area contributed by atoms with Crippen molar-refractivity contribution < 1.29 is 24.0 Å². The van der Waals surface area contributed by atoms with Crippen molar-refractivity contribution in [3.05, 3.63) is 114 Å². The van der Waals surface area contributed by atoms with Crippen molar-refractivity contribution >= 4 is 33.3 Å². The average molecular weight is 500 g/mol. The third-order valence-electron chi connectivity index (χ3n) is 6.23. The van der Waals surface area contributed by atoms with E-state index >= 15 is 0 Å². The summed E-state index contributed by atoms with van der Waals surface area (Å²) >= 11 is 0. The van der Waals surface area contributed by atoms with Gasteiger partial charge < -0.3 is 23.9 Å². The van der Waals surface area contributed by atoms with E-state index in [4.69, 9.17) is 8.83 Å². The summed E-state index contributed by atoms with van der Waals surface area (Å²) in [5, 5.41) is 34.7. The molecule has 0 saturated heterocycles. The van der Waals surface area contributed by atoms with Crippen molar-refractivity contribution in [2.24, 2.45) is 0 Å². The molecule has 0 bridgehead atoms. The van der Waals surface area contributed by atoms with E-state index in [9.17, 15) is 29.9 Å². The first-order valence-corrected chi connectivity index (χ1v) is 11.1. The summed E-state index contributed by atoms with van der Waals surface area (Å²) in [5.74, 6) is -2.43. The number of nitrogens with zero attached hydrogens (tertiary/aromatic N) is 2. The Morgan fingerprint density at radius 2 is 1.30 bits per heavy atom. The van der Waals surface area contributed by atoms with E-state index in [1.165, 1.54) is 42.5 Å². The third kappa shape index (κ3) is 3.84. The highest BCUT2D eigenvalue weighted by Crippen LogP contribution is 2.43. The van der Waals surface area contributed by atoms with Crippen LogP contribution < -0.4 is 16.2 Å². The number of nitro benzene ring substituents is 1. The Bertz CT molecular complexity index is 1720. The molecule has 5 aromatic rings. The quantitative estimate of drug-likeness (QED) is 0.203. The Morgan fingerprint density at radius 3 is 1.76 bits per heavy atom. The molecule has 5 rings (SSSR count). The monoisotopic (exact) mass is 500 g/mol. The molecule has 0 unspecified atom stereocenters. The van der Waals surface area contributed by atoms with Gasteiger partial charge >= 0.3 is 11.3 Å². The molecule has 10 nitrogen and oxygen atoms in total. The number of benzene rings is 3. The molecule has 0 aliphatic heterocycles. The summed E-state index contributed by atoms with van der Waals surface area (Å²) in [6, 6.07) is 16.7.